The van der Waals surface area contributed by atoms with E-state index in [1.807, 2.05) is 6.92 Å². The molecule has 2 unspecified atom stereocenters. The SMILES string of the molecule is COc1ccc(N)c(C(=O)N2CCC(C(=O)O)CC2C)c1. The maximum Gasteiger partial charge on any atom is 0.306 e. The van der Waals surface area contributed by atoms with Crippen LogP contribution in [-0.2, 0) is 4.79 Å². The molecule has 6 nitrogen and oxygen atoms in total. The van der Waals surface area contributed by atoms with Crippen molar-refractivity contribution in [3.63, 3.8) is 0 Å². The lowest BCUT2D eigenvalue weighted by Gasteiger charge is -2.36. The second kappa shape index (κ2) is 6.03. The Balaban J connectivity index is 2.19. The van der Waals surface area contributed by atoms with Gasteiger partial charge in [0, 0.05) is 18.3 Å². The molecule has 1 aliphatic heterocycles. The molecule has 0 radical (unpaired) electrons. The number of nitrogen functional groups attached to an aromatic ring is 1. The first-order valence-electron chi connectivity index (χ1n) is 6.91. The zero-order chi connectivity index (χ0) is 15.6. The quantitative estimate of drug-likeness (QED) is 0.825. The van der Waals surface area contributed by atoms with Gasteiger partial charge >= 0.3 is 5.97 Å². The van der Waals surface area contributed by atoms with Crippen LogP contribution in [0.5, 0.6) is 5.75 Å². The fourth-order valence-corrected chi connectivity index (χ4v) is 2.70. The number of amides is 1. The summed E-state index contributed by atoms with van der Waals surface area (Å²) in [6.07, 6.45) is 0.931. The lowest BCUT2D eigenvalue weighted by molar-refractivity contribution is -0.143. The van der Waals surface area contributed by atoms with Gasteiger partial charge in [0.15, 0.2) is 0 Å². The summed E-state index contributed by atoms with van der Waals surface area (Å²) in [5, 5.41) is 9.07. The van der Waals surface area contributed by atoms with E-state index in [0.29, 0.717) is 36.4 Å². The third kappa shape index (κ3) is 3.09. The van der Waals surface area contributed by atoms with E-state index in [-0.39, 0.29) is 17.9 Å². The minimum Gasteiger partial charge on any atom is -0.497 e. The molecule has 1 heterocycles. The number of carbonyl (C=O) groups excluding carboxylic acids is 1. The molecule has 2 atom stereocenters. The summed E-state index contributed by atoms with van der Waals surface area (Å²) < 4.78 is 5.12. The van der Waals surface area contributed by atoms with Crippen LogP contribution in [0.15, 0.2) is 18.2 Å². The van der Waals surface area contributed by atoms with Crippen LogP contribution in [0.2, 0.25) is 0 Å². The van der Waals surface area contributed by atoms with Crippen molar-refractivity contribution in [3.8, 4) is 5.75 Å². The van der Waals surface area contributed by atoms with Gasteiger partial charge in [-0.15, -0.1) is 0 Å². The number of methoxy groups -OCH3 is 1. The number of hydrogen-bond acceptors (Lipinski definition) is 4. The molecule has 1 aromatic carbocycles. The predicted molar refractivity (Wildman–Crippen MR) is 78.3 cm³/mol. The maximum absolute atomic E-state index is 12.6. The largest absolute Gasteiger partial charge is 0.497 e. The van der Waals surface area contributed by atoms with E-state index < -0.39 is 5.97 Å². The van der Waals surface area contributed by atoms with Crippen LogP contribution in [0.25, 0.3) is 0 Å². The van der Waals surface area contributed by atoms with Gasteiger partial charge in [-0.1, -0.05) is 0 Å². The van der Waals surface area contributed by atoms with Crippen LogP contribution in [0, 0.1) is 5.92 Å². The number of rotatable bonds is 3. The summed E-state index contributed by atoms with van der Waals surface area (Å²) in [4.78, 5) is 25.3. The first-order valence-corrected chi connectivity index (χ1v) is 6.91. The third-order valence-corrected chi connectivity index (χ3v) is 3.98. The van der Waals surface area contributed by atoms with E-state index in [0.717, 1.165) is 0 Å². The van der Waals surface area contributed by atoms with Crippen LogP contribution >= 0.6 is 0 Å². The van der Waals surface area contributed by atoms with Gasteiger partial charge in [0.05, 0.1) is 18.6 Å². The Morgan fingerprint density at radius 2 is 2.14 bits per heavy atom. The Bertz CT molecular complexity index is 559. The number of aliphatic carboxylic acids is 1. The smallest absolute Gasteiger partial charge is 0.306 e. The van der Waals surface area contributed by atoms with Gasteiger partial charge in [-0.2, -0.15) is 0 Å². The molecule has 1 saturated heterocycles. The van der Waals surface area contributed by atoms with E-state index in [1.165, 1.54) is 7.11 Å². The normalized spacial score (nSPS) is 21.9. The molecule has 114 valence electrons. The van der Waals surface area contributed by atoms with Crippen LogP contribution in [0.4, 0.5) is 5.69 Å². The first-order chi connectivity index (χ1) is 9.93. The van der Waals surface area contributed by atoms with Gasteiger partial charge in [-0.25, -0.2) is 0 Å². The zero-order valence-electron chi connectivity index (χ0n) is 12.2. The summed E-state index contributed by atoms with van der Waals surface area (Å²) in [5.41, 5.74) is 6.67. The summed E-state index contributed by atoms with van der Waals surface area (Å²) in [6, 6.07) is 4.83. The first kappa shape index (κ1) is 15.2. The maximum atomic E-state index is 12.6. The van der Waals surface area contributed by atoms with Crippen LogP contribution in [-0.4, -0.2) is 41.6 Å². The average Bonchev–Trinajstić information content (AvgIpc) is 2.47. The van der Waals surface area contributed by atoms with E-state index in [1.54, 1.807) is 23.1 Å². The fourth-order valence-electron chi connectivity index (χ4n) is 2.70. The number of carboxylic acid groups (broad SMARTS) is 1. The molecular weight excluding hydrogens is 272 g/mol. The van der Waals surface area contributed by atoms with Crippen molar-refractivity contribution in [1.29, 1.82) is 0 Å². The number of likely N-dealkylation sites (tertiary alicyclic amines) is 1. The number of benzene rings is 1. The Morgan fingerprint density at radius 3 is 2.71 bits per heavy atom. The van der Waals surface area contributed by atoms with Crippen molar-refractivity contribution in [1.82, 2.24) is 4.90 Å². The number of piperidine rings is 1. The molecule has 0 spiro atoms. The number of nitrogens with two attached hydrogens (primary N) is 1. The number of carboxylic acids is 1. The average molecular weight is 292 g/mol. The van der Waals surface area contributed by atoms with Crippen LogP contribution < -0.4 is 10.5 Å². The molecule has 6 heteroatoms. The molecule has 0 bridgehead atoms. The van der Waals surface area contributed by atoms with Crippen LogP contribution in [0.1, 0.15) is 30.1 Å². The highest BCUT2D eigenvalue weighted by Gasteiger charge is 2.33. The Labute approximate surface area is 123 Å². The van der Waals surface area contributed by atoms with Crippen molar-refractivity contribution in [2.45, 2.75) is 25.8 Å². The van der Waals surface area contributed by atoms with Gasteiger partial charge in [0.25, 0.3) is 5.91 Å². The van der Waals surface area contributed by atoms with Gasteiger partial charge in [0.1, 0.15) is 5.75 Å². The molecule has 0 aliphatic carbocycles. The second-order valence-electron chi connectivity index (χ2n) is 5.36. The van der Waals surface area contributed by atoms with Crippen molar-refractivity contribution in [3.05, 3.63) is 23.8 Å². The van der Waals surface area contributed by atoms with Crippen molar-refractivity contribution in [2.75, 3.05) is 19.4 Å². The van der Waals surface area contributed by atoms with E-state index in [2.05, 4.69) is 0 Å². The highest BCUT2D eigenvalue weighted by atomic mass is 16.5. The molecule has 0 saturated carbocycles. The zero-order valence-corrected chi connectivity index (χ0v) is 12.2. The minimum atomic E-state index is -0.796. The summed E-state index contributed by atoms with van der Waals surface area (Å²) in [7, 11) is 1.53. The van der Waals surface area contributed by atoms with Crippen molar-refractivity contribution >= 4 is 17.6 Å². The number of hydrogen-bond donors (Lipinski definition) is 2. The predicted octanol–water partition coefficient (Wildman–Crippen LogP) is 1.60. The summed E-state index contributed by atoms with van der Waals surface area (Å²) in [6.45, 7) is 2.29. The molecule has 2 rings (SSSR count). The number of carbonyl (C=O) groups is 2. The Hall–Kier alpha value is -2.24. The number of nitrogens with zero attached hydrogens (tertiary/aromatic N) is 1. The van der Waals surface area contributed by atoms with Gasteiger partial charge in [0.2, 0.25) is 0 Å². The summed E-state index contributed by atoms with van der Waals surface area (Å²) >= 11 is 0. The van der Waals surface area contributed by atoms with Gasteiger partial charge in [-0.3, -0.25) is 9.59 Å². The summed E-state index contributed by atoms with van der Waals surface area (Å²) in [5.74, 6) is -0.787. The Kier molecular flexibility index (Phi) is 4.35. The molecule has 1 aromatic rings. The lowest BCUT2D eigenvalue weighted by atomic mass is 9.91. The molecular formula is C15H20N2O4. The van der Waals surface area contributed by atoms with E-state index in [4.69, 9.17) is 15.6 Å². The van der Waals surface area contributed by atoms with Crippen LogP contribution in [0.3, 0.4) is 0 Å². The van der Waals surface area contributed by atoms with Gasteiger partial charge in [-0.05, 0) is 38.0 Å². The standard InChI is InChI=1S/C15H20N2O4/c1-9-7-10(15(19)20)5-6-17(9)14(18)12-8-11(21-2)3-4-13(12)16/h3-4,8-10H,5-7,16H2,1-2H3,(H,19,20). The Morgan fingerprint density at radius 1 is 1.43 bits per heavy atom. The third-order valence-electron chi connectivity index (χ3n) is 3.98. The topological polar surface area (TPSA) is 92.9 Å². The number of ether oxygens (including phenoxy) is 1. The molecule has 1 aliphatic rings. The number of anilines is 1. The second-order valence-corrected chi connectivity index (χ2v) is 5.36. The molecule has 1 amide bonds. The monoisotopic (exact) mass is 292 g/mol. The van der Waals surface area contributed by atoms with E-state index >= 15 is 0 Å². The van der Waals surface area contributed by atoms with Crippen molar-refractivity contribution in [2.24, 2.45) is 5.92 Å². The lowest BCUT2D eigenvalue weighted by Crippen LogP contribution is -2.46. The molecule has 0 aromatic heterocycles. The van der Waals surface area contributed by atoms with E-state index in [9.17, 15) is 9.59 Å². The minimum absolute atomic E-state index is 0.127. The van der Waals surface area contributed by atoms with Gasteiger partial charge < -0.3 is 20.5 Å². The fraction of sp³-hybridized carbons (Fsp3) is 0.467. The molecule has 21 heavy (non-hydrogen) atoms. The molecule has 3 N–H and O–H groups in total. The highest BCUT2D eigenvalue weighted by molar-refractivity contribution is 5.99. The molecule has 1 fully saturated rings. The van der Waals surface area contributed by atoms with Crippen molar-refractivity contribution < 1.29 is 19.4 Å². The highest BCUT2D eigenvalue weighted by Crippen LogP contribution is 2.27.